The molecule has 2 aromatic rings. The van der Waals surface area contributed by atoms with E-state index in [-0.39, 0.29) is 6.61 Å². The summed E-state index contributed by atoms with van der Waals surface area (Å²) >= 11 is 0. The molecule has 0 radical (unpaired) electrons. The van der Waals surface area contributed by atoms with Gasteiger partial charge in [0, 0.05) is 6.54 Å². The molecule has 0 fully saturated rings. The standard InChI is InChI=1S/C18H18N2O3/c21-13-17-11-6-10-16(20-17)9-4-5-12-19-18(22)23-14-15-7-2-1-3-8-15/h1-4,6-11,13H,5,12,14H2,(H,19,22). The number of hydrogen-bond acceptors (Lipinski definition) is 4. The zero-order valence-electron chi connectivity index (χ0n) is 12.6. The van der Waals surface area contributed by atoms with Gasteiger partial charge in [-0.05, 0) is 30.2 Å². The van der Waals surface area contributed by atoms with E-state index < -0.39 is 6.09 Å². The highest BCUT2D eigenvalue weighted by Gasteiger charge is 2.00. The Morgan fingerprint density at radius 2 is 1.87 bits per heavy atom. The molecule has 1 aromatic heterocycles. The van der Waals surface area contributed by atoms with E-state index in [0.29, 0.717) is 30.6 Å². The van der Waals surface area contributed by atoms with E-state index in [2.05, 4.69) is 10.3 Å². The normalized spacial score (nSPS) is 10.4. The lowest BCUT2D eigenvalue weighted by atomic mass is 10.2. The van der Waals surface area contributed by atoms with Gasteiger partial charge in [-0.2, -0.15) is 0 Å². The first-order valence-corrected chi connectivity index (χ1v) is 7.31. The predicted octanol–water partition coefficient (Wildman–Crippen LogP) is 3.22. The van der Waals surface area contributed by atoms with Crippen LogP contribution in [0.1, 0.15) is 28.2 Å². The number of ether oxygens (including phenoxy) is 1. The van der Waals surface area contributed by atoms with Crippen LogP contribution in [0, 0.1) is 0 Å². The van der Waals surface area contributed by atoms with Crippen molar-refractivity contribution in [1.29, 1.82) is 0 Å². The van der Waals surface area contributed by atoms with E-state index >= 15 is 0 Å². The lowest BCUT2D eigenvalue weighted by Crippen LogP contribution is -2.24. The summed E-state index contributed by atoms with van der Waals surface area (Å²) in [5.41, 5.74) is 2.06. The molecule has 1 amide bonds. The topological polar surface area (TPSA) is 68.3 Å². The minimum Gasteiger partial charge on any atom is -0.445 e. The molecule has 5 nitrogen and oxygen atoms in total. The molecule has 0 atom stereocenters. The predicted molar refractivity (Wildman–Crippen MR) is 87.9 cm³/mol. The Morgan fingerprint density at radius 1 is 1.09 bits per heavy atom. The van der Waals surface area contributed by atoms with Gasteiger partial charge in [-0.25, -0.2) is 9.78 Å². The van der Waals surface area contributed by atoms with Crippen molar-refractivity contribution in [3.05, 3.63) is 71.6 Å². The zero-order chi connectivity index (χ0) is 16.3. The molecule has 0 unspecified atom stereocenters. The molecule has 1 aromatic carbocycles. The summed E-state index contributed by atoms with van der Waals surface area (Å²) in [5.74, 6) is 0. The lowest BCUT2D eigenvalue weighted by molar-refractivity contribution is 0.111. The van der Waals surface area contributed by atoms with Crippen LogP contribution in [-0.4, -0.2) is 23.9 Å². The number of nitrogens with one attached hydrogen (secondary N) is 1. The Hall–Kier alpha value is -2.95. The Labute approximate surface area is 135 Å². The number of carbonyl (C=O) groups excluding carboxylic acids is 2. The number of amides is 1. The van der Waals surface area contributed by atoms with Crippen molar-refractivity contribution >= 4 is 18.5 Å². The fourth-order valence-corrected chi connectivity index (χ4v) is 1.86. The highest BCUT2D eigenvalue weighted by Crippen LogP contribution is 2.02. The zero-order valence-corrected chi connectivity index (χ0v) is 12.6. The second-order valence-electron chi connectivity index (χ2n) is 4.78. The minimum absolute atomic E-state index is 0.255. The summed E-state index contributed by atoms with van der Waals surface area (Å²) in [4.78, 5) is 26.3. The molecule has 0 saturated heterocycles. The van der Waals surface area contributed by atoms with Gasteiger partial charge < -0.3 is 10.1 Å². The molecule has 0 saturated carbocycles. The number of nitrogens with zero attached hydrogens (tertiary/aromatic N) is 1. The number of aldehydes is 1. The molecule has 0 spiro atoms. The molecular formula is C18H18N2O3. The van der Waals surface area contributed by atoms with Gasteiger partial charge in [0.25, 0.3) is 0 Å². The van der Waals surface area contributed by atoms with Crippen LogP contribution in [-0.2, 0) is 11.3 Å². The van der Waals surface area contributed by atoms with Gasteiger partial charge in [0.05, 0.1) is 5.69 Å². The Kier molecular flexibility index (Phi) is 6.53. The van der Waals surface area contributed by atoms with Gasteiger partial charge in [-0.15, -0.1) is 0 Å². The summed E-state index contributed by atoms with van der Waals surface area (Å²) in [6.45, 7) is 0.725. The van der Waals surface area contributed by atoms with Crippen LogP contribution in [0.15, 0.2) is 54.6 Å². The third-order valence-electron chi connectivity index (χ3n) is 2.99. The van der Waals surface area contributed by atoms with E-state index in [9.17, 15) is 9.59 Å². The fraction of sp³-hybridized carbons (Fsp3) is 0.167. The van der Waals surface area contributed by atoms with Crippen molar-refractivity contribution in [2.24, 2.45) is 0 Å². The third-order valence-corrected chi connectivity index (χ3v) is 2.99. The summed E-state index contributed by atoms with van der Waals surface area (Å²) in [6, 6.07) is 14.7. The first-order chi connectivity index (χ1) is 11.3. The number of carbonyl (C=O) groups is 2. The number of benzene rings is 1. The fourth-order valence-electron chi connectivity index (χ4n) is 1.86. The SMILES string of the molecule is O=Cc1cccc(C=CCCNC(=O)OCc2ccccc2)n1. The maximum Gasteiger partial charge on any atom is 0.407 e. The van der Waals surface area contributed by atoms with E-state index in [1.807, 2.05) is 48.6 Å². The smallest absolute Gasteiger partial charge is 0.407 e. The number of hydrogen-bond donors (Lipinski definition) is 1. The number of rotatable bonds is 7. The minimum atomic E-state index is -0.441. The molecular weight excluding hydrogens is 292 g/mol. The molecule has 0 bridgehead atoms. The van der Waals surface area contributed by atoms with Gasteiger partial charge in [-0.3, -0.25) is 4.79 Å². The van der Waals surface area contributed by atoms with E-state index in [1.54, 1.807) is 12.1 Å². The maximum absolute atomic E-state index is 11.5. The molecule has 0 aliphatic carbocycles. The molecule has 118 valence electrons. The average Bonchev–Trinajstić information content (AvgIpc) is 2.61. The summed E-state index contributed by atoms with van der Waals surface area (Å²) < 4.78 is 5.10. The van der Waals surface area contributed by atoms with Crippen molar-refractivity contribution in [3.8, 4) is 0 Å². The number of alkyl carbamates (subject to hydrolysis) is 1. The van der Waals surface area contributed by atoms with Crippen LogP contribution in [0.5, 0.6) is 0 Å². The highest BCUT2D eigenvalue weighted by atomic mass is 16.5. The van der Waals surface area contributed by atoms with E-state index in [1.165, 1.54) is 0 Å². The largest absolute Gasteiger partial charge is 0.445 e. The van der Waals surface area contributed by atoms with Gasteiger partial charge in [0.2, 0.25) is 0 Å². The van der Waals surface area contributed by atoms with Crippen LogP contribution in [0.2, 0.25) is 0 Å². The van der Waals surface area contributed by atoms with Crippen molar-refractivity contribution in [2.75, 3.05) is 6.54 Å². The molecule has 1 heterocycles. The third kappa shape index (κ3) is 6.13. The number of pyridine rings is 1. The second kappa shape index (κ2) is 9.15. The second-order valence-corrected chi connectivity index (χ2v) is 4.78. The molecule has 23 heavy (non-hydrogen) atoms. The van der Waals surface area contributed by atoms with Gasteiger partial charge >= 0.3 is 6.09 Å². The molecule has 0 aliphatic heterocycles. The lowest BCUT2D eigenvalue weighted by Gasteiger charge is -2.05. The van der Waals surface area contributed by atoms with Crippen molar-refractivity contribution in [1.82, 2.24) is 10.3 Å². The molecule has 1 N–H and O–H groups in total. The summed E-state index contributed by atoms with van der Waals surface area (Å²) in [5, 5.41) is 2.67. The molecule has 5 heteroatoms. The van der Waals surface area contributed by atoms with Crippen LogP contribution in [0.4, 0.5) is 4.79 Å². The van der Waals surface area contributed by atoms with Crippen molar-refractivity contribution in [2.45, 2.75) is 13.0 Å². The van der Waals surface area contributed by atoms with Crippen LogP contribution in [0.3, 0.4) is 0 Å². The Bertz CT molecular complexity index is 669. The summed E-state index contributed by atoms with van der Waals surface area (Å²) in [7, 11) is 0. The Balaban J connectivity index is 1.65. The van der Waals surface area contributed by atoms with Gasteiger partial charge in [-0.1, -0.05) is 42.5 Å². The van der Waals surface area contributed by atoms with E-state index in [0.717, 1.165) is 5.56 Å². The van der Waals surface area contributed by atoms with Crippen LogP contribution >= 0.6 is 0 Å². The van der Waals surface area contributed by atoms with Crippen molar-refractivity contribution < 1.29 is 14.3 Å². The van der Waals surface area contributed by atoms with E-state index in [4.69, 9.17) is 4.74 Å². The Morgan fingerprint density at radius 3 is 2.65 bits per heavy atom. The van der Waals surface area contributed by atoms with Crippen LogP contribution in [0.25, 0.3) is 6.08 Å². The first kappa shape index (κ1) is 16.4. The first-order valence-electron chi connectivity index (χ1n) is 7.31. The average molecular weight is 310 g/mol. The van der Waals surface area contributed by atoms with Gasteiger partial charge in [0.15, 0.2) is 6.29 Å². The van der Waals surface area contributed by atoms with Crippen molar-refractivity contribution in [3.63, 3.8) is 0 Å². The monoisotopic (exact) mass is 310 g/mol. The van der Waals surface area contributed by atoms with Crippen LogP contribution < -0.4 is 5.32 Å². The van der Waals surface area contributed by atoms with Gasteiger partial charge in [0.1, 0.15) is 12.3 Å². The summed E-state index contributed by atoms with van der Waals surface area (Å²) in [6.07, 6.45) is 4.61. The quantitative estimate of drug-likeness (QED) is 0.630. The maximum atomic E-state index is 11.5. The molecule has 2 rings (SSSR count). The highest BCUT2D eigenvalue weighted by molar-refractivity contribution is 5.72. The molecule has 0 aliphatic rings. The number of aromatic nitrogens is 1.